The quantitative estimate of drug-likeness (QED) is 0.310. The summed E-state index contributed by atoms with van der Waals surface area (Å²) in [7, 11) is 1.51. The molecule has 0 saturated heterocycles. The van der Waals surface area contributed by atoms with Gasteiger partial charge in [-0.25, -0.2) is 4.79 Å². The van der Waals surface area contributed by atoms with Crippen molar-refractivity contribution in [3.63, 3.8) is 0 Å². The molecule has 0 amide bonds. The third-order valence-corrected chi connectivity index (χ3v) is 3.11. The van der Waals surface area contributed by atoms with Crippen molar-refractivity contribution in [2.45, 2.75) is 0 Å². The van der Waals surface area contributed by atoms with Crippen LogP contribution in [0.3, 0.4) is 0 Å². The van der Waals surface area contributed by atoms with E-state index in [9.17, 15) is 14.9 Å². The molecule has 0 bridgehead atoms. The Labute approximate surface area is 112 Å². The molecule has 0 N–H and O–H groups in total. The first kappa shape index (κ1) is 12.2. The highest BCUT2D eigenvalue weighted by atomic mass is 16.6. The molecule has 0 aliphatic rings. The Morgan fingerprint density at radius 3 is 2.70 bits per heavy atom. The van der Waals surface area contributed by atoms with Crippen LogP contribution in [0.25, 0.3) is 21.7 Å². The zero-order valence-electron chi connectivity index (χ0n) is 10.5. The number of nitro benzene ring substituents is 1. The maximum absolute atomic E-state index is 11.9. The molecule has 6 nitrogen and oxygen atoms in total. The Hall–Kier alpha value is -2.89. The maximum Gasteiger partial charge on any atom is 0.344 e. The van der Waals surface area contributed by atoms with Crippen LogP contribution in [0.2, 0.25) is 0 Å². The van der Waals surface area contributed by atoms with E-state index in [4.69, 9.17) is 9.15 Å². The van der Waals surface area contributed by atoms with E-state index in [1.165, 1.54) is 25.3 Å². The van der Waals surface area contributed by atoms with Gasteiger partial charge in [0.2, 0.25) is 0 Å². The summed E-state index contributed by atoms with van der Waals surface area (Å²) in [6.07, 6.45) is 0. The van der Waals surface area contributed by atoms with Crippen LogP contribution >= 0.6 is 0 Å². The van der Waals surface area contributed by atoms with Gasteiger partial charge >= 0.3 is 5.63 Å². The van der Waals surface area contributed by atoms with Crippen molar-refractivity contribution < 1.29 is 14.1 Å². The fourth-order valence-electron chi connectivity index (χ4n) is 2.22. The third-order valence-electron chi connectivity index (χ3n) is 3.11. The zero-order chi connectivity index (χ0) is 14.3. The molecule has 1 aromatic heterocycles. The zero-order valence-corrected chi connectivity index (χ0v) is 10.5. The highest BCUT2D eigenvalue weighted by Crippen LogP contribution is 2.32. The predicted octanol–water partition coefficient (Wildman–Crippen LogP) is 2.86. The molecule has 20 heavy (non-hydrogen) atoms. The predicted molar refractivity (Wildman–Crippen MR) is 73.2 cm³/mol. The molecule has 0 aliphatic heterocycles. The molecule has 3 rings (SSSR count). The van der Waals surface area contributed by atoms with Gasteiger partial charge in [0.05, 0.1) is 22.8 Å². The van der Waals surface area contributed by atoms with Gasteiger partial charge in [-0.15, -0.1) is 0 Å². The first-order valence-corrected chi connectivity index (χ1v) is 5.80. The highest BCUT2D eigenvalue weighted by Gasteiger charge is 2.15. The van der Waals surface area contributed by atoms with Crippen LogP contribution in [0.5, 0.6) is 5.75 Å². The minimum absolute atomic E-state index is 0.154. The second-order valence-corrected chi connectivity index (χ2v) is 4.21. The van der Waals surface area contributed by atoms with E-state index < -0.39 is 10.5 Å². The fourth-order valence-corrected chi connectivity index (χ4v) is 2.22. The van der Waals surface area contributed by atoms with Gasteiger partial charge < -0.3 is 9.15 Å². The molecule has 0 atom stereocenters. The fraction of sp³-hybridized carbons (Fsp3) is 0.0714. The Morgan fingerprint density at radius 2 is 2.00 bits per heavy atom. The van der Waals surface area contributed by atoms with Gasteiger partial charge in [-0.2, -0.15) is 0 Å². The van der Waals surface area contributed by atoms with Crippen molar-refractivity contribution in [2.75, 3.05) is 7.11 Å². The van der Waals surface area contributed by atoms with Crippen molar-refractivity contribution in [1.82, 2.24) is 0 Å². The number of hydrogen-bond donors (Lipinski definition) is 0. The van der Waals surface area contributed by atoms with Gasteiger partial charge in [-0.3, -0.25) is 10.1 Å². The molecule has 6 heteroatoms. The molecule has 0 spiro atoms. The lowest BCUT2D eigenvalue weighted by Gasteiger charge is -2.07. The van der Waals surface area contributed by atoms with Crippen molar-refractivity contribution in [2.24, 2.45) is 0 Å². The largest absolute Gasteiger partial charge is 0.496 e. The summed E-state index contributed by atoms with van der Waals surface area (Å²) in [6, 6.07) is 9.21. The van der Waals surface area contributed by atoms with Crippen molar-refractivity contribution in [1.29, 1.82) is 0 Å². The monoisotopic (exact) mass is 271 g/mol. The molecule has 0 fully saturated rings. The van der Waals surface area contributed by atoms with E-state index in [0.29, 0.717) is 22.1 Å². The average Bonchev–Trinajstić information content (AvgIpc) is 2.46. The molecule has 0 aliphatic carbocycles. The van der Waals surface area contributed by atoms with Gasteiger partial charge in [0.15, 0.2) is 0 Å². The minimum atomic E-state index is -0.607. The topological polar surface area (TPSA) is 82.6 Å². The molecule has 100 valence electrons. The highest BCUT2D eigenvalue weighted by molar-refractivity contribution is 6.08. The molecule has 0 radical (unpaired) electrons. The normalized spacial score (nSPS) is 10.8. The SMILES string of the molecule is COc1cccc2oc(=O)c3cc([N+](=O)[O-])ccc3c12. The Morgan fingerprint density at radius 1 is 1.20 bits per heavy atom. The summed E-state index contributed by atoms with van der Waals surface area (Å²) in [4.78, 5) is 22.2. The molecule has 0 unspecified atom stereocenters. The molecule has 2 aromatic carbocycles. The second-order valence-electron chi connectivity index (χ2n) is 4.21. The number of nitro groups is 1. The van der Waals surface area contributed by atoms with Gasteiger partial charge in [-0.1, -0.05) is 6.07 Å². The lowest BCUT2D eigenvalue weighted by atomic mass is 10.1. The molecular weight excluding hydrogens is 262 g/mol. The van der Waals surface area contributed by atoms with Crippen LogP contribution in [-0.4, -0.2) is 12.0 Å². The number of fused-ring (bicyclic) bond motifs is 3. The van der Waals surface area contributed by atoms with E-state index >= 15 is 0 Å². The van der Waals surface area contributed by atoms with Crippen molar-refractivity contribution in [3.05, 3.63) is 56.9 Å². The minimum Gasteiger partial charge on any atom is -0.496 e. The molecule has 3 aromatic rings. The number of rotatable bonds is 2. The van der Waals surface area contributed by atoms with Crippen LogP contribution in [0.1, 0.15) is 0 Å². The number of nitrogens with zero attached hydrogens (tertiary/aromatic N) is 1. The molecule has 0 saturated carbocycles. The van der Waals surface area contributed by atoms with Gasteiger partial charge in [-0.05, 0) is 18.2 Å². The van der Waals surface area contributed by atoms with E-state index in [0.717, 1.165) is 0 Å². The standard InChI is InChI=1S/C14H9NO5/c1-19-11-3-2-4-12-13(11)9-6-5-8(15(17)18)7-10(9)14(16)20-12/h2-7H,1H3. The van der Waals surface area contributed by atoms with Crippen LogP contribution < -0.4 is 10.4 Å². The van der Waals surface area contributed by atoms with Gasteiger partial charge in [0, 0.05) is 17.5 Å². The number of methoxy groups -OCH3 is 1. The summed E-state index contributed by atoms with van der Waals surface area (Å²) < 4.78 is 10.5. The molecular formula is C14H9NO5. The van der Waals surface area contributed by atoms with Gasteiger partial charge in [0.25, 0.3) is 5.69 Å². The summed E-state index contributed by atoms with van der Waals surface area (Å²) in [5, 5.41) is 12.1. The number of hydrogen-bond acceptors (Lipinski definition) is 5. The number of non-ortho nitro benzene ring substituents is 1. The Kier molecular flexibility index (Phi) is 2.64. The van der Waals surface area contributed by atoms with Crippen molar-refractivity contribution >= 4 is 27.4 Å². The van der Waals surface area contributed by atoms with E-state index in [1.54, 1.807) is 18.2 Å². The van der Waals surface area contributed by atoms with Crippen LogP contribution in [0, 0.1) is 10.1 Å². The van der Waals surface area contributed by atoms with Crippen molar-refractivity contribution in [3.8, 4) is 5.75 Å². The first-order valence-electron chi connectivity index (χ1n) is 5.80. The number of benzene rings is 2. The van der Waals surface area contributed by atoms with E-state index in [-0.39, 0.29) is 11.1 Å². The summed E-state index contributed by atoms with van der Waals surface area (Å²) >= 11 is 0. The lowest BCUT2D eigenvalue weighted by Crippen LogP contribution is -2.01. The van der Waals surface area contributed by atoms with Gasteiger partial charge in [0.1, 0.15) is 11.3 Å². The van der Waals surface area contributed by atoms with Crippen LogP contribution in [0.15, 0.2) is 45.6 Å². The van der Waals surface area contributed by atoms with Crippen LogP contribution in [0.4, 0.5) is 5.69 Å². The van der Waals surface area contributed by atoms with E-state index in [2.05, 4.69) is 0 Å². The Bertz CT molecular complexity index is 897. The summed E-state index contributed by atoms with van der Waals surface area (Å²) in [5.41, 5.74) is -0.376. The first-order chi connectivity index (χ1) is 9.61. The number of ether oxygens (including phenoxy) is 1. The summed E-state index contributed by atoms with van der Waals surface area (Å²) in [5.74, 6) is 0.546. The smallest absolute Gasteiger partial charge is 0.344 e. The maximum atomic E-state index is 11.9. The third kappa shape index (κ3) is 1.70. The molecule has 1 heterocycles. The van der Waals surface area contributed by atoms with E-state index in [1.807, 2.05) is 0 Å². The lowest BCUT2D eigenvalue weighted by molar-refractivity contribution is -0.384. The second kappa shape index (κ2) is 4.34. The van der Waals surface area contributed by atoms with Crippen LogP contribution in [-0.2, 0) is 0 Å². The summed E-state index contributed by atoms with van der Waals surface area (Å²) in [6.45, 7) is 0. The Balaban J connectivity index is 2.53. The average molecular weight is 271 g/mol.